The largest absolute Gasteiger partial charge is 0.335 e. The molecular weight excluding hydrogens is 314 g/mol. The maximum atomic E-state index is 12.5. The smallest absolute Gasteiger partial charge is 0.254 e. The maximum absolute atomic E-state index is 12.5. The van der Waals surface area contributed by atoms with Gasteiger partial charge in [-0.05, 0) is 49.2 Å². The summed E-state index contributed by atoms with van der Waals surface area (Å²) in [6, 6.07) is 15.4. The van der Waals surface area contributed by atoms with Gasteiger partial charge in [-0.15, -0.1) is 0 Å². The van der Waals surface area contributed by atoms with E-state index in [1.165, 1.54) is 0 Å². The van der Waals surface area contributed by atoms with Crippen LogP contribution in [0.2, 0.25) is 0 Å². The van der Waals surface area contributed by atoms with E-state index in [2.05, 4.69) is 22.9 Å². The molecule has 0 fully saturated rings. The Morgan fingerprint density at radius 1 is 1.20 bits per heavy atom. The van der Waals surface area contributed by atoms with Crippen molar-refractivity contribution in [2.75, 3.05) is 6.54 Å². The molecule has 2 aromatic carbocycles. The summed E-state index contributed by atoms with van der Waals surface area (Å²) in [5.74, 6) is 0.0486. The van der Waals surface area contributed by atoms with Crippen LogP contribution in [0.3, 0.4) is 0 Å². The van der Waals surface area contributed by atoms with E-state index in [1.807, 2.05) is 60.4 Å². The number of amides is 1. The number of rotatable bonds is 4. The molecule has 2 aromatic rings. The lowest BCUT2D eigenvalue weighted by Crippen LogP contribution is -2.30. The highest BCUT2D eigenvalue weighted by Crippen LogP contribution is 2.15. The molecule has 103 valence electrons. The first-order valence-corrected chi connectivity index (χ1v) is 7.35. The molecule has 0 aromatic heterocycles. The zero-order valence-electron chi connectivity index (χ0n) is 11.5. The van der Waals surface area contributed by atoms with Crippen molar-refractivity contribution in [1.29, 1.82) is 0 Å². The predicted octanol–water partition coefficient (Wildman–Crippen LogP) is 4.29. The minimum Gasteiger partial charge on any atom is -0.335 e. The Hall–Kier alpha value is -1.61. The third kappa shape index (κ3) is 3.70. The molecule has 0 heterocycles. The molecule has 0 bridgehead atoms. The summed E-state index contributed by atoms with van der Waals surface area (Å²) in [4.78, 5) is 14.3. The number of halogens is 1. The van der Waals surface area contributed by atoms with E-state index < -0.39 is 0 Å². The molecule has 1 radical (unpaired) electrons. The van der Waals surface area contributed by atoms with Crippen molar-refractivity contribution in [2.24, 2.45) is 0 Å². The fraction of sp³-hybridized carbons (Fsp3) is 0.176. The Bertz CT molecular complexity index is 592. The highest BCUT2D eigenvalue weighted by Gasteiger charge is 2.14. The standard InChI is InChI=1S/C17H17BrNO/c1-3-19(12-14-5-4-6-16(18)11-14)17(20)15-9-7-13(2)8-10-15/h4-11H,2-3,12H2,1H3. The highest BCUT2D eigenvalue weighted by atomic mass is 79.9. The van der Waals surface area contributed by atoms with Crippen LogP contribution in [0.15, 0.2) is 53.0 Å². The molecule has 2 nitrogen and oxygen atoms in total. The van der Waals surface area contributed by atoms with Crippen LogP contribution in [0.25, 0.3) is 0 Å². The second-order valence-corrected chi connectivity index (χ2v) is 5.56. The Morgan fingerprint density at radius 2 is 1.90 bits per heavy atom. The fourth-order valence-corrected chi connectivity index (χ4v) is 2.46. The van der Waals surface area contributed by atoms with E-state index in [0.717, 1.165) is 15.6 Å². The highest BCUT2D eigenvalue weighted by molar-refractivity contribution is 9.10. The first-order valence-electron chi connectivity index (χ1n) is 6.56. The van der Waals surface area contributed by atoms with E-state index in [0.29, 0.717) is 18.7 Å². The van der Waals surface area contributed by atoms with Gasteiger partial charge in [0.15, 0.2) is 0 Å². The lowest BCUT2D eigenvalue weighted by molar-refractivity contribution is 0.0752. The van der Waals surface area contributed by atoms with Crippen molar-refractivity contribution in [3.63, 3.8) is 0 Å². The number of nitrogens with zero attached hydrogens (tertiary/aromatic N) is 1. The van der Waals surface area contributed by atoms with Gasteiger partial charge in [-0.3, -0.25) is 4.79 Å². The molecule has 0 saturated heterocycles. The molecule has 20 heavy (non-hydrogen) atoms. The zero-order chi connectivity index (χ0) is 14.5. The van der Waals surface area contributed by atoms with Gasteiger partial charge < -0.3 is 4.90 Å². The van der Waals surface area contributed by atoms with E-state index in [4.69, 9.17) is 0 Å². The summed E-state index contributed by atoms with van der Waals surface area (Å²) in [5, 5.41) is 0. The Kier molecular flexibility index (Phi) is 4.96. The van der Waals surface area contributed by atoms with E-state index in [9.17, 15) is 4.79 Å². The van der Waals surface area contributed by atoms with Crippen LogP contribution in [0.1, 0.15) is 28.4 Å². The van der Waals surface area contributed by atoms with Gasteiger partial charge in [0.2, 0.25) is 0 Å². The fourth-order valence-electron chi connectivity index (χ4n) is 2.01. The average molecular weight is 331 g/mol. The SMILES string of the molecule is [CH2]c1ccc(C(=O)N(CC)Cc2cccc(Br)c2)cc1. The monoisotopic (exact) mass is 330 g/mol. The molecule has 0 spiro atoms. The lowest BCUT2D eigenvalue weighted by atomic mass is 10.1. The van der Waals surface area contributed by atoms with Crippen molar-refractivity contribution < 1.29 is 4.79 Å². The summed E-state index contributed by atoms with van der Waals surface area (Å²) in [5.41, 5.74) is 2.73. The van der Waals surface area contributed by atoms with Gasteiger partial charge in [-0.2, -0.15) is 0 Å². The second-order valence-electron chi connectivity index (χ2n) is 4.65. The summed E-state index contributed by atoms with van der Waals surface area (Å²) in [6.45, 7) is 7.12. The minimum atomic E-state index is 0.0486. The van der Waals surface area contributed by atoms with Gasteiger partial charge in [0.25, 0.3) is 5.91 Å². The maximum Gasteiger partial charge on any atom is 0.254 e. The van der Waals surface area contributed by atoms with Crippen LogP contribution in [-0.2, 0) is 6.54 Å². The molecule has 0 aliphatic rings. The molecule has 0 N–H and O–H groups in total. The van der Waals surface area contributed by atoms with Crippen molar-refractivity contribution >= 4 is 21.8 Å². The topological polar surface area (TPSA) is 20.3 Å². The second kappa shape index (κ2) is 6.71. The molecular formula is C17H17BrNO. The average Bonchev–Trinajstić information content (AvgIpc) is 2.45. The van der Waals surface area contributed by atoms with E-state index >= 15 is 0 Å². The summed E-state index contributed by atoms with van der Waals surface area (Å²) in [7, 11) is 0. The van der Waals surface area contributed by atoms with E-state index in [1.54, 1.807) is 0 Å². The lowest BCUT2D eigenvalue weighted by Gasteiger charge is -2.21. The van der Waals surface area contributed by atoms with Crippen LogP contribution in [0.4, 0.5) is 0 Å². The normalized spacial score (nSPS) is 10.3. The molecule has 0 unspecified atom stereocenters. The summed E-state index contributed by atoms with van der Waals surface area (Å²) < 4.78 is 1.03. The molecule has 0 atom stereocenters. The Balaban J connectivity index is 2.15. The quantitative estimate of drug-likeness (QED) is 0.818. The van der Waals surface area contributed by atoms with Crippen LogP contribution in [0, 0.1) is 6.92 Å². The summed E-state index contributed by atoms with van der Waals surface area (Å²) >= 11 is 3.45. The molecule has 3 heteroatoms. The molecule has 1 amide bonds. The molecule has 0 aliphatic carbocycles. The number of benzene rings is 2. The number of carbonyl (C=O) groups is 1. The Morgan fingerprint density at radius 3 is 2.50 bits per heavy atom. The summed E-state index contributed by atoms with van der Waals surface area (Å²) in [6.07, 6.45) is 0. The molecule has 2 rings (SSSR count). The predicted molar refractivity (Wildman–Crippen MR) is 85.5 cm³/mol. The number of hydrogen-bond acceptors (Lipinski definition) is 1. The van der Waals surface area contributed by atoms with Crippen molar-refractivity contribution in [2.45, 2.75) is 13.5 Å². The van der Waals surface area contributed by atoms with Crippen molar-refractivity contribution in [3.05, 3.63) is 76.6 Å². The first kappa shape index (κ1) is 14.8. The van der Waals surface area contributed by atoms with Gasteiger partial charge in [0, 0.05) is 23.1 Å². The number of carbonyl (C=O) groups excluding carboxylic acids is 1. The van der Waals surface area contributed by atoms with Gasteiger partial charge in [0.1, 0.15) is 0 Å². The third-order valence-electron chi connectivity index (χ3n) is 3.13. The van der Waals surface area contributed by atoms with Crippen LogP contribution >= 0.6 is 15.9 Å². The van der Waals surface area contributed by atoms with Crippen molar-refractivity contribution in [3.8, 4) is 0 Å². The van der Waals surface area contributed by atoms with Gasteiger partial charge in [0.05, 0.1) is 0 Å². The zero-order valence-corrected chi connectivity index (χ0v) is 13.1. The van der Waals surface area contributed by atoms with Gasteiger partial charge in [-0.1, -0.05) is 40.2 Å². The first-order chi connectivity index (χ1) is 9.60. The number of hydrogen-bond donors (Lipinski definition) is 0. The van der Waals surface area contributed by atoms with Crippen molar-refractivity contribution in [1.82, 2.24) is 4.90 Å². The van der Waals surface area contributed by atoms with Crippen LogP contribution < -0.4 is 0 Å². The minimum absolute atomic E-state index is 0.0486. The Labute approximate surface area is 128 Å². The van der Waals surface area contributed by atoms with Gasteiger partial charge in [-0.25, -0.2) is 0 Å². The van der Waals surface area contributed by atoms with E-state index in [-0.39, 0.29) is 5.91 Å². The molecule has 0 aliphatic heterocycles. The van der Waals surface area contributed by atoms with Crippen LogP contribution in [-0.4, -0.2) is 17.4 Å². The third-order valence-corrected chi connectivity index (χ3v) is 3.63. The van der Waals surface area contributed by atoms with Gasteiger partial charge >= 0.3 is 0 Å². The molecule has 0 saturated carbocycles. The van der Waals surface area contributed by atoms with Crippen LogP contribution in [0.5, 0.6) is 0 Å².